The van der Waals surface area contributed by atoms with Crippen LogP contribution in [0.5, 0.6) is 0 Å². The standard InChI is InChI=1S/C8H11O/c1-6-4-7(2)9-8(3)5-6/h4-5H,1-3H3/q+1/i1+1,2+1,3+1,4+1,5+1,7+1,8+1. The normalized spacial score (nSPS) is 9.67. The zero-order chi connectivity index (χ0) is 6.85. The Morgan fingerprint density at radius 3 is 1.78 bits per heavy atom. The van der Waals surface area contributed by atoms with E-state index >= 15 is 0 Å². The first-order valence-corrected chi connectivity index (χ1v) is 3.06. The summed E-state index contributed by atoms with van der Waals surface area (Å²) < 4.78 is 5.26. The van der Waals surface area contributed by atoms with E-state index in [9.17, 15) is 0 Å². The first-order chi connectivity index (χ1) is 4.18. The lowest BCUT2D eigenvalue weighted by Crippen LogP contribution is -1.78. The van der Waals surface area contributed by atoms with Gasteiger partial charge in [0.2, 0.25) is 0 Å². The van der Waals surface area contributed by atoms with Crippen LogP contribution in [0.1, 0.15) is 17.1 Å². The van der Waals surface area contributed by atoms with Gasteiger partial charge >= 0.3 is 11.5 Å². The molecule has 0 aliphatic rings. The number of hydrogen-bond acceptors (Lipinski definition) is 0. The van der Waals surface area contributed by atoms with Crippen LogP contribution in [0.25, 0.3) is 0 Å². The highest BCUT2D eigenvalue weighted by atomic mass is 16.5. The van der Waals surface area contributed by atoms with Crippen LogP contribution < -0.4 is 0 Å². The Morgan fingerprint density at radius 2 is 1.44 bits per heavy atom. The second-order valence-corrected chi connectivity index (χ2v) is 2.36. The van der Waals surface area contributed by atoms with Gasteiger partial charge in [-0.05, 0) is 12.5 Å². The molecule has 9 heavy (non-hydrogen) atoms. The molecule has 0 aliphatic carbocycles. The van der Waals surface area contributed by atoms with E-state index in [1.807, 2.05) is 26.0 Å². The molecule has 0 bridgehead atoms. The summed E-state index contributed by atoms with van der Waals surface area (Å²) in [5.74, 6) is 1.96. The number of hydrogen-bond donors (Lipinski definition) is 0. The smallest absolute Gasteiger partial charge is 0.218 e. The van der Waals surface area contributed by atoms with Crippen LogP contribution in [-0.4, -0.2) is 0 Å². The van der Waals surface area contributed by atoms with Gasteiger partial charge in [-0.2, -0.15) is 0 Å². The van der Waals surface area contributed by atoms with Crippen molar-refractivity contribution in [1.29, 1.82) is 0 Å². The topological polar surface area (TPSA) is 11.3 Å². The Labute approximate surface area is 55.3 Å². The van der Waals surface area contributed by atoms with Gasteiger partial charge in [-0.25, -0.2) is 4.42 Å². The summed E-state index contributed by atoms with van der Waals surface area (Å²) in [4.78, 5) is 0. The quantitative estimate of drug-likeness (QED) is 0.388. The average Bonchev–Trinajstić information content (AvgIpc) is 1.59. The third kappa shape index (κ3) is 1.53. The summed E-state index contributed by atoms with van der Waals surface area (Å²) in [5, 5.41) is 0. The molecule has 1 rings (SSSR count). The van der Waals surface area contributed by atoms with Crippen LogP contribution in [0, 0.1) is 20.8 Å². The van der Waals surface area contributed by atoms with Gasteiger partial charge in [0.25, 0.3) is 0 Å². The van der Waals surface area contributed by atoms with Crippen LogP contribution in [0.3, 0.4) is 0 Å². The molecule has 0 aliphatic heterocycles. The average molecular weight is 130 g/mol. The zero-order valence-electron chi connectivity index (χ0n) is 6.06. The lowest BCUT2D eigenvalue weighted by molar-refractivity contribution is 0.484. The highest BCUT2D eigenvalue weighted by Crippen LogP contribution is 2.06. The van der Waals surface area contributed by atoms with E-state index in [0.717, 1.165) is 11.5 Å². The lowest BCUT2D eigenvalue weighted by Gasteiger charge is -1.84. The van der Waals surface area contributed by atoms with Crippen LogP contribution in [-0.2, 0) is 0 Å². The van der Waals surface area contributed by atoms with Crippen molar-refractivity contribution < 1.29 is 4.42 Å². The lowest BCUT2D eigenvalue weighted by atomic mass is 10.8. The van der Waals surface area contributed by atoms with Crippen molar-refractivity contribution in [2.45, 2.75) is 20.8 Å². The van der Waals surface area contributed by atoms with Crippen molar-refractivity contribution in [3.05, 3.63) is 29.2 Å². The molecule has 1 heteroatoms. The van der Waals surface area contributed by atoms with Crippen LogP contribution in [0.2, 0.25) is 0 Å². The van der Waals surface area contributed by atoms with Gasteiger partial charge in [-0.15, -0.1) is 0 Å². The maximum absolute atomic E-state index is 5.26. The highest BCUT2D eigenvalue weighted by molar-refractivity contribution is 5.14. The second kappa shape index (κ2) is 2.18. The predicted molar refractivity (Wildman–Crippen MR) is 37.3 cm³/mol. The van der Waals surface area contributed by atoms with Crippen LogP contribution in [0.15, 0.2) is 16.5 Å². The molecular formula is C8H11O+. The third-order valence-corrected chi connectivity index (χ3v) is 1.18. The van der Waals surface area contributed by atoms with Crippen molar-refractivity contribution in [3.63, 3.8) is 0 Å². The van der Waals surface area contributed by atoms with E-state index < -0.39 is 0 Å². The summed E-state index contributed by atoms with van der Waals surface area (Å²) in [6.45, 7) is 5.98. The molecule has 0 unspecified atom stereocenters. The summed E-state index contributed by atoms with van der Waals surface area (Å²) in [6.07, 6.45) is 0. The Balaban J connectivity index is 3.17. The molecule has 1 aromatic rings. The van der Waals surface area contributed by atoms with E-state index in [2.05, 4.69) is 6.92 Å². The molecule has 1 aromatic heterocycles. The SMILES string of the molecule is [13CH3]c1[13cH][13c]([13CH3])[o+][13c]([13CH3])[13cH]1. The maximum atomic E-state index is 5.26. The molecule has 1 nitrogen and oxygen atoms in total. The minimum Gasteiger partial charge on any atom is -0.218 e. The Morgan fingerprint density at radius 1 is 1.00 bits per heavy atom. The molecule has 0 radical (unpaired) electrons. The molecule has 1 heterocycles. The van der Waals surface area contributed by atoms with E-state index in [1.165, 1.54) is 5.56 Å². The van der Waals surface area contributed by atoms with E-state index in [1.54, 1.807) is 0 Å². The molecule has 0 fully saturated rings. The van der Waals surface area contributed by atoms with Crippen LogP contribution in [0.4, 0.5) is 0 Å². The van der Waals surface area contributed by atoms with Crippen LogP contribution >= 0.6 is 0 Å². The fraction of sp³-hybridized carbons (Fsp3) is 0.375. The molecule has 0 atom stereocenters. The minimum atomic E-state index is 0.979. The highest BCUT2D eigenvalue weighted by Gasteiger charge is 2.03. The molecule has 0 amide bonds. The van der Waals surface area contributed by atoms with Crippen molar-refractivity contribution in [3.8, 4) is 0 Å². The van der Waals surface area contributed by atoms with E-state index in [0.29, 0.717) is 0 Å². The fourth-order valence-electron chi connectivity index (χ4n) is 0.996. The van der Waals surface area contributed by atoms with Crippen molar-refractivity contribution in [2.24, 2.45) is 0 Å². The molecule has 48 valence electrons. The van der Waals surface area contributed by atoms with Crippen molar-refractivity contribution in [1.82, 2.24) is 0 Å². The molecular weight excluding hydrogens is 119 g/mol. The summed E-state index contributed by atoms with van der Waals surface area (Å²) in [5.41, 5.74) is 1.26. The third-order valence-electron chi connectivity index (χ3n) is 1.18. The Kier molecular flexibility index (Phi) is 1.52. The van der Waals surface area contributed by atoms with Gasteiger partial charge in [0.15, 0.2) is 0 Å². The zero-order valence-corrected chi connectivity index (χ0v) is 6.06. The summed E-state index contributed by atoms with van der Waals surface area (Å²) in [7, 11) is 0. The van der Waals surface area contributed by atoms with Gasteiger partial charge in [0, 0.05) is 12.1 Å². The monoisotopic (exact) mass is 130 g/mol. The van der Waals surface area contributed by atoms with Gasteiger partial charge in [0.05, 0.1) is 13.8 Å². The molecule has 0 aromatic carbocycles. The molecule has 0 saturated carbocycles. The molecule has 0 N–H and O–H groups in total. The van der Waals surface area contributed by atoms with Gasteiger partial charge < -0.3 is 0 Å². The molecule has 0 saturated heterocycles. The number of rotatable bonds is 0. The van der Waals surface area contributed by atoms with Gasteiger partial charge in [-0.3, -0.25) is 0 Å². The van der Waals surface area contributed by atoms with Crippen molar-refractivity contribution in [2.75, 3.05) is 0 Å². The van der Waals surface area contributed by atoms with E-state index in [-0.39, 0.29) is 0 Å². The Bertz CT molecular complexity index is 165. The summed E-state index contributed by atoms with van der Waals surface area (Å²) in [6, 6.07) is 4.04. The minimum absolute atomic E-state index is 0.979. The number of aryl methyl sites for hydroxylation is 3. The van der Waals surface area contributed by atoms with Gasteiger partial charge in [0.1, 0.15) is 0 Å². The first kappa shape index (κ1) is 6.27. The molecule has 0 spiro atoms. The Hall–Kier alpha value is -0.850. The maximum Gasteiger partial charge on any atom is 0.326 e. The summed E-state index contributed by atoms with van der Waals surface area (Å²) >= 11 is 0. The predicted octanol–water partition coefficient (Wildman–Crippen LogP) is 2.49. The van der Waals surface area contributed by atoms with Crippen molar-refractivity contribution >= 4 is 0 Å². The second-order valence-electron chi connectivity index (χ2n) is 2.36. The van der Waals surface area contributed by atoms with E-state index in [4.69, 9.17) is 4.42 Å². The van der Waals surface area contributed by atoms with Gasteiger partial charge in [-0.1, -0.05) is 0 Å². The largest absolute Gasteiger partial charge is 0.326 e. The first-order valence-electron chi connectivity index (χ1n) is 3.06. The fourth-order valence-corrected chi connectivity index (χ4v) is 0.996.